The smallest absolute Gasteiger partial charge is 0.264 e. The summed E-state index contributed by atoms with van der Waals surface area (Å²) >= 11 is 11.3. The average Bonchev–Trinajstić information content (AvgIpc) is 3.17. The van der Waals surface area contributed by atoms with E-state index in [0.717, 1.165) is 30.0 Å². The van der Waals surface area contributed by atoms with Gasteiger partial charge in [0.2, 0.25) is 0 Å². The summed E-state index contributed by atoms with van der Waals surface area (Å²) in [4.78, 5) is 14.4. The maximum absolute atomic E-state index is 12.1. The molecule has 1 fully saturated rings. The van der Waals surface area contributed by atoms with E-state index in [4.69, 9.17) is 28.6 Å². The molecule has 0 aromatic heterocycles. The second kappa shape index (κ2) is 9.06. The van der Waals surface area contributed by atoms with Gasteiger partial charge in [-0.1, -0.05) is 23.7 Å². The number of para-hydroxylation sites is 2. The molecule has 142 valence electrons. The van der Waals surface area contributed by atoms with Crippen molar-refractivity contribution < 1.29 is 9.53 Å². The van der Waals surface area contributed by atoms with Crippen LogP contribution in [-0.4, -0.2) is 30.7 Å². The number of ether oxygens (including phenoxy) is 1. The second-order valence-corrected chi connectivity index (χ2v) is 7.23. The zero-order valence-electron chi connectivity index (χ0n) is 15.1. The standard InChI is InChI=1S/C20H22ClN3O2S/c1-14-12-15(8-9-16(14)21)26-13-19(25)23-20(27)22-17-6-2-3-7-18(17)24-10-4-5-11-24/h2-3,6-9,12H,4-5,10-11,13H2,1H3,(H2,22,23,25,27). The third-order valence-corrected chi connectivity index (χ3v) is 4.98. The van der Waals surface area contributed by atoms with Gasteiger partial charge in [0.1, 0.15) is 5.75 Å². The number of anilines is 2. The van der Waals surface area contributed by atoms with Gasteiger partial charge in [-0.25, -0.2) is 0 Å². The maximum atomic E-state index is 12.1. The number of nitrogens with zero attached hydrogens (tertiary/aromatic N) is 1. The monoisotopic (exact) mass is 403 g/mol. The topological polar surface area (TPSA) is 53.6 Å². The summed E-state index contributed by atoms with van der Waals surface area (Å²) in [5.41, 5.74) is 2.88. The first-order valence-electron chi connectivity index (χ1n) is 8.87. The molecule has 3 rings (SSSR count). The van der Waals surface area contributed by atoms with Crippen LogP contribution >= 0.6 is 23.8 Å². The van der Waals surface area contributed by atoms with E-state index < -0.39 is 0 Å². The lowest BCUT2D eigenvalue weighted by Gasteiger charge is -2.22. The van der Waals surface area contributed by atoms with Gasteiger partial charge in [0.25, 0.3) is 5.91 Å². The van der Waals surface area contributed by atoms with Crippen molar-refractivity contribution in [1.29, 1.82) is 0 Å². The Bertz CT molecular complexity index is 838. The number of aryl methyl sites for hydroxylation is 1. The van der Waals surface area contributed by atoms with Gasteiger partial charge >= 0.3 is 0 Å². The van der Waals surface area contributed by atoms with Crippen LogP contribution in [0, 0.1) is 6.92 Å². The van der Waals surface area contributed by atoms with Crippen molar-refractivity contribution in [3.63, 3.8) is 0 Å². The van der Waals surface area contributed by atoms with Crippen molar-refractivity contribution in [2.24, 2.45) is 0 Å². The first kappa shape index (κ1) is 19.5. The molecule has 2 aromatic rings. The van der Waals surface area contributed by atoms with Gasteiger partial charge in [-0.3, -0.25) is 10.1 Å². The number of benzene rings is 2. The van der Waals surface area contributed by atoms with Crippen LogP contribution in [0.5, 0.6) is 5.75 Å². The molecule has 2 N–H and O–H groups in total. The zero-order chi connectivity index (χ0) is 19.2. The summed E-state index contributed by atoms with van der Waals surface area (Å²) in [7, 11) is 0. The fourth-order valence-electron chi connectivity index (χ4n) is 2.99. The summed E-state index contributed by atoms with van der Waals surface area (Å²) in [5.74, 6) is 0.268. The SMILES string of the molecule is Cc1cc(OCC(=O)NC(=S)Nc2ccccc2N2CCCC2)ccc1Cl. The van der Waals surface area contributed by atoms with Gasteiger partial charge in [0.05, 0.1) is 11.4 Å². The quantitative estimate of drug-likeness (QED) is 0.735. The Morgan fingerprint density at radius 3 is 2.70 bits per heavy atom. The predicted octanol–water partition coefficient (Wildman–Crippen LogP) is 4.14. The highest BCUT2D eigenvalue weighted by atomic mass is 35.5. The van der Waals surface area contributed by atoms with Gasteiger partial charge in [-0.05, 0) is 67.9 Å². The molecular weight excluding hydrogens is 382 g/mol. The lowest BCUT2D eigenvalue weighted by Crippen LogP contribution is -2.37. The Morgan fingerprint density at radius 2 is 1.96 bits per heavy atom. The Kier molecular flexibility index (Phi) is 6.53. The van der Waals surface area contributed by atoms with Crippen LogP contribution in [0.3, 0.4) is 0 Å². The number of carbonyl (C=O) groups is 1. The summed E-state index contributed by atoms with van der Waals surface area (Å²) < 4.78 is 5.49. The molecule has 1 heterocycles. The van der Waals surface area contributed by atoms with Crippen molar-refractivity contribution >= 4 is 46.2 Å². The minimum absolute atomic E-state index is 0.128. The highest BCUT2D eigenvalue weighted by Gasteiger charge is 2.16. The number of thiocarbonyl (C=S) groups is 1. The van der Waals surface area contributed by atoms with E-state index in [2.05, 4.69) is 21.6 Å². The molecule has 0 radical (unpaired) electrons. The van der Waals surface area contributed by atoms with Gasteiger partial charge < -0.3 is 15.0 Å². The van der Waals surface area contributed by atoms with E-state index in [9.17, 15) is 4.79 Å². The zero-order valence-corrected chi connectivity index (χ0v) is 16.7. The molecule has 1 amide bonds. The Hall–Kier alpha value is -2.31. The first-order valence-corrected chi connectivity index (χ1v) is 9.65. The van der Waals surface area contributed by atoms with Crippen LogP contribution in [0.25, 0.3) is 0 Å². The number of nitrogens with one attached hydrogen (secondary N) is 2. The van der Waals surface area contributed by atoms with E-state index in [-0.39, 0.29) is 17.6 Å². The van der Waals surface area contributed by atoms with Gasteiger partial charge in [0, 0.05) is 18.1 Å². The number of amides is 1. The van der Waals surface area contributed by atoms with Crippen LogP contribution in [0.2, 0.25) is 5.02 Å². The van der Waals surface area contributed by atoms with Crippen molar-refractivity contribution in [3.05, 3.63) is 53.1 Å². The normalized spacial score (nSPS) is 13.3. The van der Waals surface area contributed by atoms with Crippen LogP contribution in [0.15, 0.2) is 42.5 Å². The molecule has 1 saturated heterocycles. The largest absolute Gasteiger partial charge is 0.484 e. The molecule has 0 bridgehead atoms. The summed E-state index contributed by atoms with van der Waals surface area (Å²) in [6, 6.07) is 13.2. The highest BCUT2D eigenvalue weighted by Crippen LogP contribution is 2.28. The first-order chi connectivity index (χ1) is 13.0. The molecule has 1 aliphatic rings. The number of halogens is 1. The fourth-order valence-corrected chi connectivity index (χ4v) is 3.33. The molecule has 5 nitrogen and oxygen atoms in total. The number of rotatable bonds is 5. The van der Waals surface area contributed by atoms with Crippen LogP contribution in [-0.2, 0) is 4.79 Å². The van der Waals surface area contributed by atoms with Crippen molar-refractivity contribution in [2.45, 2.75) is 19.8 Å². The van der Waals surface area contributed by atoms with Gasteiger partial charge in [0.15, 0.2) is 11.7 Å². The maximum Gasteiger partial charge on any atom is 0.264 e. The molecule has 0 unspecified atom stereocenters. The Morgan fingerprint density at radius 1 is 1.22 bits per heavy atom. The van der Waals surface area contributed by atoms with Crippen molar-refractivity contribution in [1.82, 2.24) is 5.32 Å². The van der Waals surface area contributed by atoms with Gasteiger partial charge in [-0.2, -0.15) is 0 Å². The molecular formula is C20H22ClN3O2S. The fraction of sp³-hybridized carbons (Fsp3) is 0.300. The second-order valence-electron chi connectivity index (χ2n) is 6.41. The minimum atomic E-state index is -0.321. The van der Waals surface area contributed by atoms with E-state index in [1.165, 1.54) is 12.8 Å². The van der Waals surface area contributed by atoms with E-state index in [1.54, 1.807) is 18.2 Å². The number of hydrogen-bond acceptors (Lipinski definition) is 4. The number of carbonyl (C=O) groups excluding carboxylic acids is 1. The Labute approximate surface area is 169 Å². The Balaban J connectivity index is 1.53. The van der Waals surface area contributed by atoms with Gasteiger partial charge in [-0.15, -0.1) is 0 Å². The lowest BCUT2D eigenvalue weighted by molar-refractivity contribution is -0.121. The number of hydrogen-bond donors (Lipinski definition) is 2. The van der Waals surface area contributed by atoms with Crippen molar-refractivity contribution in [2.75, 3.05) is 29.9 Å². The third-order valence-electron chi connectivity index (χ3n) is 4.35. The predicted molar refractivity (Wildman–Crippen MR) is 114 cm³/mol. The van der Waals surface area contributed by atoms with E-state index >= 15 is 0 Å². The van der Waals surface area contributed by atoms with Crippen LogP contribution < -0.4 is 20.3 Å². The highest BCUT2D eigenvalue weighted by molar-refractivity contribution is 7.80. The molecule has 7 heteroatoms. The molecule has 0 aliphatic carbocycles. The molecule has 0 atom stereocenters. The van der Waals surface area contributed by atoms with Crippen LogP contribution in [0.4, 0.5) is 11.4 Å². The third kappa shape index (κ3) is 5.34. The molecule has 2 aromatic carbocycles. The molecule has 1 aliphatic heterocycles. The van der Waals surface area contributed by atoms with E-state index in [0.29, 0.717) is 10.8 Å². The summed E-state index contributed by atoms with van der Waals surface area (Å²) in [6.07, 6.45) is 2.38. The lowest BCUT2D eigenvalue weighted by atomic mass is 10.2. The average molecular weight is 404 g/mol. The molecule has 0 saturated carbocycles. The van der Waals surface area contributed by atoms with Crippen molar-refractivity contribution in [3.8, 4) is 5.75 Å². The van der Waals surface area contributed by atoms with E-state index in [1.807, 2.05) is 25.1 Å². The molecule has 27 heavy (non-hydrogen) atoms. The minimum Gasteiger partial charge on any atom is -0.484 e. The van der Waals surface area contributed by atoms with Crippen LogP contribution in [0.1, 0.15) is 18.4 Å². The summed E-state index contributed by atoms with van der Waals surface area (Å²) in [5, 5.41) is 6.69. The molecule has 0 spiro atoms. The summed E-state index contributed by atoms with van der Waals surface area (Å²) in [6.45, 7) is 3.82.